The maximum Gasteiger partial charge on any atom is 0.222 e. The molecular formula is C13H18N2O. The van der Waals surface area contributed by atoms with E-state index in [0.717, 1.165) is 19.5 Å². The molecule has 1 aromatic carbocycles. The second-order valence-corrected chi connectivity index (χ2v) is 4.45. The van der Waals surface area contributed by atoms with Crippen molar-refractivity contribution in [3.63, 3.8) is 0 Å². The molecule has 3 nitrogen and oxygen atoms in total. The minimum absolute atomic E-state index is 0.198. The van der Waals surface area contributed by atoms with E-state index in [1.54, 1.807) is 19.0 Å². The van der Waals surface area contributed by atoms with Gasteiger partial charge in [0, 0.05) is 33.6 Å². The van der Waals surface area contributed by atoms with Crippen LogP contribution in [0.4, 0.5) is 0 Å². The second kappa shape index (κ2) is 4.66. The van der Waals surface area contributed by atoms with Crippen LogP contribution >= 0.6 is 0 Å². The Morgan fingerprint density at radius 1 is 1.38 bits per heavy atom. The molecule has 0 fully saturated rings. The van der Waals surface area contributed by atoms with Crippen molar-refractivity contribution in [1.29, 1.82) is 0 Å². The average molecular weight is 218 g/mol. The molecule has 0 spiro atoms. The molecule has 1 N–H and O–H groups in total. The number of hydrogen-bond acceptors (Lipinski definition) is 2. The van der Waals surface area contributed by atoms with Gasteiger partial charge in [0.2, 0.25) is 5.91 Å². The fourth-order valence-corrected chi connectivity index (χ4v) is 2.10. The van der Waals surface area contributed by atoms with E-state index in [1.165, 1.54) is 16.7 Å². The van der Waals surface area contributed by atoms with E-state index in [2.05, 4.69) is 23.5 Å². The van der Waals surface area contributed by atoms with E-state index in [1.807, 2.05) is 0 Å². The highest BCUT2D eigenvalue weighted by atomic mass is 16.2. The van der Waals surface area contributed by atoms with Crippen LogP contribution in [-0.2, 0) is 24.3 Å². The van der Waals surface area contributed by atoms with Gasteiger partial charge in [-0.3, -0.25) is 4.79 Å². The second-order valence-electron chi connectivity index (χ2n) is 4.45. The lowest BCUT2D eigenvalue weighted by molar-refractivity contribution is -0.128. The fourth-order valence-electron chi connectivity index (χ4n) is 2.10. The van der Waals surface area contributed by atoms with Crippen molar-refractivity contribution in [2.75, 3.05) is 14.1 Å². The fraction of sp³-hybridized carbons (Fsp3) is 0.462. The van der Waals surface area contributed by atoms with Crippen LogP contribution in [0.25, 0.3) is 0 Å². The molecule has 0 aliphatic carbocycles. The number of nitrogens with zero attached hydrogens (tertiary/aromatic N) is 1. The summed E-state index contributed by atoms with van der Waals surface area (Å²) in [5, 5.41) is 3.34. The Kier molecular flexibility index (Phi) is 3.25. The molecule has 0 saturated carbocycles. The molecule has 0 saturated heterocycles. The van der Waals surface area contributed by atoms with Crippen molar-refractivity contribution in [3.05, 3.63) is 34.9 Å². The largest absolute Gasteiger partial charge is 0.349 e. The predicted molar refractivity (Wildman–Crippen MR) is 64.0 cm³/mol. The Morgan fingerprint density at radius 2 is 2.19 bits per heavy atom. The summed E-state index contributed by atoms with van der Waals surface area (Å²) in [4.78, 5) is 13.2. The summed E-state index contributed by atoms with van der Waals surface area (Å²) < 4.78 is 0. The van der Waals surface area contributed by atoms with E-state index >= 15 is 0 Å². The Hall–Kier alpha value is -1.35. The van der Waals surface area contributed by atoms with Crippen molar-refractivity contribution in [1.82, 2.24) is 10.2 Å². The van der Waals surface area contributed by atoms with Crippen LogP contribution in [0.5, 0.6) is 0 Å². The number of rotatable bonds is 3. The zero-order valence-electron chi connectivity index (χ0n) is 9.92. The zero-order valence-corrected chi connectivity index (χ0v) is 9.92. The van der Waals surface area contributed by atoms with Crippen molar-refractivity contribution in [3.8, 4) is 0 Å². The molecular weight excluding hydrogens is 200 g/mol. The number of carbonyl (C=O) groups excluding carboxylic acids is 1. The smallest absolute Gasteiger partial charge is 0.222 e. The first-order chi connectivity index (χ1) is 7.68. The van der Waals surface area contributed by atoms with Crippen molar-refractivity contribution < 1.29 is 4.79 Å². The van der Waals surface area contributed by atoms with Crippen molar-refractivity contribution in [2.24, 2.45) is 0 Å². The number of aryl methyl sites for hydroxylation is 1. The Bertz CT molecular complexity index is 399. The third kappa shape index (κ3) is 2.25. The summed E-state index contributed by atoms with van der Waals surface area (Å²) in [5.74, 6) is 0.198. The first-order valence-electron chi connectivity index (χ1n) is 5.69. The van der Waals surface area contributed by atoms with E-state index in [0.29, 0.717) is 6.42 Å². The van der Waals surface area contributed by atoms with E-state index < -0.39 is 0 Å². The van der Waals surface area contributed by atoms with Gasteiger partial charge in [0.15, 0.2) is 0 Å². The van der Waals surface area contributed by atoms with Crippen LogP contribution in [-0.4, -0.2) is 24.9 Å². The van der Waals surface area contributed by atoms with Gasteiger partial charge < -0.3 is 10.2 Å². The zero-order chi connectivity index (χ0) is 11.5. The molecule has 86 valence electrons. The van der Waals surface area contributed by atoms with Gasteiger partial charge in [0.25, 0.3) is 0 Å². The lowest BCUT2D eigenvalue weighted by atomic mass is 9.99. The quantitative estimate of drug-likeness (QED) is 0.829. The third-order valence-corrected chi connectivity index (χ3v) is 3.09. The summed E-state index contributed by atoms with van der Waals surface area (Å²) >= 11 is 0. The van der Waals surface area contributed by atoms with Crippen LogP contribution in [0.2, 0.25) is 0 Å². The summed E-state index contributed by atoms with van der Waals surface area (Å²) in [5.41, 5.74) is 4.10. The van der Waals surface area contributed by atoms with E-state index in [9.17, 15) is 4.79 Å². The van der Waals surface area contributed by atoms with E-state index in [-0.39, 0.29) is 5.91 Å². The predicted octanol–water partition coefficient (Wildman–Crippen LogP) is 1.31. The van der Waals surface area contributed by atoms with Gasteiger partial charge in [0.05, 0.1) is 0 Å². The monoisotopic (exact) mass is 218 g/mol. The normalized spacial score (nSPS) is 13.6. The molecule has 0 aromatic heterocycles. The topological polar surface area (TPSA) is 32.3 Å². The highest BCUT2D eigenvalue weighted by Crippen LogP contribution is 2.20. The minimum atomic E-state index is 0.198. The van der Waals surface area contributed by atoms with Crippen LogP contribution in [0.3, 0.4) is 0 Å². The van der Waals surface area contributed by atoms with Crippen LogP contribution < -0.4 is 5.32 Å². The SMILES string of the molecule is CN(C)C(=O)CCc1cccc2c1CNC2. The summed E-state index contributed by atoms with van der Waals surface area (Å²) in [7, 11) is 3.61. The van der Waals surface area contributed by atoms with Gasteiger partial charge >= 0.3 is 0 Å². The highest BCUT2D eigenvalue weighted by molar-refractivity contribution is 5.75. The van der Waals surface area contributed by atoms with Gasteiger partial charge in [-0.1, -0.05) is 18.2 Å². The average Bonchev–Trinajstić information content (AvgIpc) is 2.73. The number of fused-ring (bicyclic) bond motifs is 1. The van der Waals surface area contributed by atoms with Gasteiger partial charge in [-0.15, -0.1) is 0 Å². The molecule has 1 aliphatic heterocycles. The highest BCUT2D eigenvalue weighted by Gasteiger charge is 2.14. The van der Waals surface area contributed by atoms with Crippen molar-refractivity contribution in [2.45, 2.75) is 25.9 Å². The van der Waals surface area contributed by atoms with Gasteiger partial charge in [-0.25, -0.2) is 0 Å². The number of benzene rings is 1. The summed E-state index contributed by atoms with van der Waals surface area (Å²) in [6.07, 6.45) is 1.45. The Labute approximate surface area is 96.5 Å². The summed E-state index contributed by atoms with van der Waals surface area (Å²) in [6.45, 7) is 1.91. The number of amides is 1. The lowest BCUT2D eigenvalue weighted by Gasteiger charge is -2.11. The number of carbonyl (C=O) groups is 1. The van der Waals surface area contributed by atoms with Gasteiger partial charge in [-0.05, 0) is 23.1 Å². The van der Waals surface area contributed by atoms with E-state index in [4.69, 9.17) is 0 Å². The summed E-state index contributed by atoms with van der Waals surface area (Å²) in [6, 6.07) is 6.38. The number of hydrogen-bond donors (Lipinski definition) is 1. The molecule has 1 aromatic rings. The van der Waals surface area contributed by atoms with Crippen LogP contribution in [0, 0.1) is 0 Å². The molecule has 2 rings (SSSR count). The molecule has 0 atom stereocenters. The molecule has 0 bridgehead atoms. The molecule has 1 aliphatic rings. The van der Waals surface area contributed by atoms with Gasteiger partial charge in [0.1, 0.15) is 0 Å². The van der Waals surface area contributed by atoms with Crippen molar-refractivity contribution >= 4 is 5.91 Å². The lowest BCUT2D eigenvalue weighted by Crippen LogP contribution is -2.22. The van der Waals surface area contributed by atoms with Crippen LogP contribution in [0.1, 0.15) is 23.1 Å². The minimum Gasteiger partial charge on any atom is -0.349 e. The molecule has 16 heavy (non-hydrogen) atoms. The maximum atomic E-state index is 11.5. The molecule has 1 heterocycles. The Morgan fingerprint density at radius 3 is 2.94 bits per heavy atom. The molecule has 3 heteroatoms. The first-order valence-corrected chi connectivity index (χ1v) is 5.69. The molecule has 0 radical (unpaired) electrons. The number of nitrogens with one attached hydrogen (secondary N) is 1. The standard InChI is InChI=1S/C13H18N2O/c1-15(2)13(16)7-6-10-4-3-5-11-8-14-9-12(10)11/h3-5,14H,6-9H2,1-2H3. The van der Waals surface area contributed by atoms with Gasteiger partial charge in [-0.2, -0.15) is 0 Å². The third-order valence-electron chi connectivity index (χ3n) is 3.09. The first kappa shape index (κ1) is 11.1. The molecule has 1 amide bonds. The molecule has 0 unspecified atom stereocenters. The van der Waals surface area contributed by atoms with Crippen LogP contribution in [0.15, 0.2) is 18.2 Å². The maximum absolute atomic E-state index is 11.5. The Balaban J connectivity index is 2.05.